The number of hydrogen-bond donors (Lipinski definition) is 3. The predicted molar refractivity (Wildman–Crippen MR) is 85.2 cm³/mol. The molecule has 10 heteroatoms. The first kappa shape index (κ1) is 15.6. The number of aromatic amines is 1. The van der Waals surface area contributed by atoms with E-state index in [9.17, 15) is 13.0 Å². The molecule has 0 aliphatic rings. The van der Waals surface area contributed by atoms with Crippen molar-refractivity contribution in [3.8, 4) is 6.07 Å². The molecule has 1 heterocycles. The highest BCUT2D eigenvalue weighted by Gasteiger charge is 2.19. The molecule has 0 unspecified atom stereocenters. The number of aromatic nitrogens is 4. The summed E-state index contributed by atoms with van der Waals surface area (Å²) in [5.41, 5.74) is 0.158. The van der Waals surface area contributed by atoms with Gasteiger partial charge in [0.15, 0.2) is 0 Å². The maximum absolute atomic E-state index is 11.8. The Morgan fingerprint density at radius 1 is 1.29 bits per heavy atom. The highest BCUT2D eigenvalue weighted by atomic mass is 32.2. The van der Waals surface area contributed by atoms with E-state index in [0.717, 1.165) is 0 Å². The third kappa shape index (κ3) is 2.94. The second-order valence-electron chi connectivity index (χ2n) is 4.69. The summed E-state index contributed by atoms with van der Waals surface area (Å²) in [5, 5.41) is 25.8. The molecule has 9 nitrogen and oxygen atoms in total. The molecule has 0 saturated heterocycles. The molecule has 0 aliphatic heterocycles. The quantitative estimate of drug-likeness (QED) is 0.478. The molecule has 0 saturated carbocycles. The number of nitrogens with one attached hydrogen (secondary N) is 2. The molecule has 0 atom stereocenters. The van der Waals surface area contributed by atoms with Crippen LogP contribution in [0.15, 0.2) is 47.5 Å². The van der Waals surface area contributed by atoms with Crippen LogP contribution in [0.3, 0.4) is 0 Å². The van der Waals surface area contributed by atoms with E-state index in [0.29, 0.717) is 10.8 Å². The van der Waals surface area contributed by atoms with E-state index in [4.69, 9.17) is 5.26 Å². The lowest BCUT2D eigenvalue weighted by Crippen LogP contribution is -2.04. The zero-order valence-corrected chi connectivity index (χ0v) is 12.8. The van der Waals surface area contributed by atoms with Gasteiger partial charge < -0.3 is 5.32 Å². The predicted octanol–water partition coefficient (Wildman–Crippen LogP) is 1.58. The zero-order chi connectivity index (χ0) is 17.2. The van der Waals surface area contributed by atoms with Gasteiger partial charge in [-0.05, 0) is 16.7 Å². The molecule has 3 rings (SSSR count). The molecular weight excluding hydrogens is 332 g/mol. The molecule has 120 valence electrons. The number of tetrazole rings is 1. The monoisotopic (exact) mass is 342 g/mol. The SMILES string of the molecule is N#CC(=CNc1ccc2ccccc2c1S(=O)(=O)O)c1nn[nH]n1. The van der Waals surface area contributed by atoms with Crippen molar-refractivity contribution in [2.24, 2.45) is 0 Å². The minimum absolute atomic E-state index is 0.0400. The molecule has 0 aliphatic carbocycles. The van der Waals surface area contributed by atoms with Crippen molar-refractivity contribution in [1.29, 1.82) is 5.26 Å². The third-order valence-corrected chi connectivity index (χ3v) is 4.17. The van der Waals surface area contributed by atoms with Gasteiger partial charge in [-0.3, -0.25) is 4.55 Å². The number of benzene rings is 2. The van der Waals surface area contributed by atoms with Crippen molar-refractivity contribution in [2.45, 2.75) is 4.90 Å². The molecule has 0 fully saturated rings. The number of nitrogens with zero attached hydrogens (tertiary/aromatic N) is 4. The minimum atomic E-state index is -4.49. The van der Waals surface area contributed by atoms with Gasteiger partial charge in [0.1, 0.15) is 16.5 Å². The second kappa shape index (κ2) is 6.07. The molecule has 0 amide bonds. The van der Waals surface area contributed by atoms with Crippen LogP contribution in [0.2, 0.25) is 0 Å². The van der Waals surface area contributed by atoms with Gasteiger partial charge in [0.25, 0.3) is 10.1 Å². The van der Waals surface area contributed by atoms with E-state index < -0.39 is 10.1 Å². The van der Waals surface area contributed by atoms with E-state index >= 15 is 0 Å². The van der Waals surface area contributed by atoms with Gasteiger partial charge in [-0.25, -0.2) is 0 Å². The normalized spacial score (nSPS) is 12.1. The van der Waals surface area contributed by atoms with Crippen LogP contribution in [0.1, 0.15) is 5.82 Å². The summed E-state index contributed by atoms with van der Waals surface area (Å²) in [6.07, 6.45) is 1.24. The van der Waals surface area contributed by atoms with Gasteiger partial charge in [0, 0.05) is 11.6 Å². The number of anilines is 1. The molecular formula is C14H10N6O3S. The van der Waals surface area contributed by atoms with Crippen LogP contribution in [-0.4, -0.2) is 33.6 Å². The summed E-state index contributed by atoms with van der Waals surface area (Å²) in [6, 6.07) is 11.8. The number of nitriles is 1. The Morgan fingerprint density at radius 3 is 2.75 bits per heavy atom. The van der Waals surface area contributed by atoms with Gasteiger partial charge in [0.2, 0.25) is 5.82 Å². The van der Waals surface area contributed by atoms with Gasteiger partial charge in [-0.2, -0.15) is 18.9 Å². The van der Waals surface area contributed by atoms with Crippen LogP contribution in [0, 0.1) is 11.3 Å². The summed E-state index contributed by atoms with van der Waals surface area (Å²) >= 11 is 0. The van der Waals surface area contributed by atoms with E-state index in [-0.39, 0.29) is 22.0 Å². The Balaban J connectivity index is 2.12. The first-order chi connectivity index (χ1) is 11.5. The number of H-pyrrole nitrogens is 1. The Labute approximate surface area is 136 Å². The van der Waals surface area contributed by atoms with Crippen molar-refractivity contribution < 1.29 is 13.0 Å². The Morgan fingerprint density at radius 2 is 2.08 bits per heavy atom. The summed E-state index contributed by atoms with van der Waals surface area (Å²) in [5.74, 6) is 0.0548. The van der Waals surface area contributed by atoms with Gasteiger partial charge >= 0.3 is 0 Å². The van der Waals surface area contributed by atoms with Crippen molar-refractivity contribution in [2.75, 3.05) is 5.32 Å². The Bertz CT molecular complexity index is 1070. The van der Waals surface area contributed by atoms with Crippen LogP contribution < -0.4 is 5.32 Å². The molecule has 3 N–H and O–H groups in total. The molecule has 1 aromatic heterocycles. The molecule has 0 radical (unpaired) electrons. The molecule has 0 spiro atoms. The first-order valence-corrected chi connectivity index (χ1v) is 8.04. The largest absolute Gasteiger partial charge is 0.359 e. The smallest absolute Gasteiger partial charge is 0.297 e. The standard InChI is InChI=1S/C14H10N6O3S/c15-7-10(14-17-19-20-18-14)8-16-12-6-5-9-3-1-2-4-11(9)13(12)24(21,22)23/h1-6,8,16H,(H,21,22,23)(H,17,18,19,20). The Kier molecular flexibility index (Phi) is 3.95. The lowest BCUT2D eigenvalue weighted by atomic mass is 10.1. The average Bonchev–Trinajstić information content (AvgIpc) is 3.08. The van der Waals surface area contributed by atoms with Crippen LogP contribution in [0.25, 0.3) is 16.3 Å². The van der Waals surface area contributed by atoms with Crippen molar-refractivity contribution >= 4 is 32.2 Å². The number of rotatable bonds is 4. The fraction of sp³-hybridized carbons (Fsp3) is 0. The lowest BCUT2D eigenvalue weighted by molar-refractivity contribution is 0.484. The summed E-state index contributed by atoms with van der Waals surface area (Å²) in [4.78, 5) is -0.276. The number of fused-ring (bicyclic) bond motifs is 1. The zero-order valence-electron chi connectivity index (χ0n) is 12.0. The van der Waals surface area contributed by atoms with Crippen molar-refractivity contribution in [3.05, 3.63) is 48.4 Å². The number of allylic oxidation sites excluding steroid dienone is 1. The van der Waals surface area contributed by atoms with E-state index in [1.165, 1.54) is 12.3 Å². The van der Waals surface area contributed by atoms with Crippen LogP contribution in [0.4, 0.5) is 5.69 Å². The van der Waals surface area contributed by atoms with Gasteiger partial charge in [0.05, 0.1) is 5.69 Å². The van der Waals surface area contributed by atoms with Crippen molar-refractivity contribution in [3.63, 3.8) is 0 Å². The molecule has 3 aromatic rings. The summed E-state index contributed by atoms with van der Waals surface area (Å²) in [7, 11) is -4.49. The van der Waals surface area contributed by atoms with E-state index in [1.54, 1.807) is 30.3 Å². The highest BCUT2D eigenvalue weighted by molar-refractivity contribution is 7.86. The van der Waals surface area contributed by atoms with E-state index in [2.05, 4.69) is 25.9 Å². The topological polar surface area (TPSA) is 145 Å². The van der Waals surface area contributed by atoms with Gasteiger partial charge in [-0.1, -0.05) is 30.3 Å². The van der Waals surface area contributed by atoms with E-state index in [1.807, 2.05) is 6.07 Å². The van der Waals surface area contributed by atoms with Crippen LogP contribution >= 0.6 is 0 Å². The first-order valence-electron chi connectivity index (χ1n) is 6.60. The van der Waals surface area contributed by atoms with Crippen molar-refractivity contribution in [1.82, 2.24) is 20.6 Å². The summed E-state index contributed by atoms with van der Waals surface area (Å²) in [6.45, 7) is 0. The molecule has 24 heavy (non-hydrogen) atoms. The lowest BCUT2D eigenvalue weighted by Gasteiger charge is -2.10. The fourth-order valence-electron chi connectivity index (χ4n) is 2.21. The number of hydrogen-bond acceptors (Lipinski definition) is 7. The second-order valence-corrected chi connectivity index (χ2v) is 6.05. The highest BCUT2D eigenvalue weighted by Crippen LogP contribution is 2.30. The van der Waals surface area contributed by atoms with Gasteiger partial charge in [-0.15, -0.1) is 10.2 Å². The minimum Gasteiger partial charge on any atom is -0.359 e. The fourth-order valence-corrected chi connectivity index (χ4v) is 3.08. The summed E-state index contributed by atoms with van der Waals surface area (Å²) < 4.78 is 33.2. The maximum atomic E-state index is 11.8. The third-order valence-electron chi connectivity index (χ3n) is 3.22. The molecule has 2 aromatic carbocycles. The Hall–Kier alpha value is -3.29. The maximum Gasteiger partial charge on any atom is 0.297 e. The average molecular weight is 342 g/mol. The molecule has 0 bridgehead atoms. The van der Waals surface area contributed by atoms with Crippen LogP contribution in [-0.2, 0) is 10.1 Å². The van der Waals surface area contributed by atoms with Crippen LogP contribution in [0.5, 0.6) is 0 Å².